The molecule has 2 atom stereocenters. The van der Waals surface area contributed by atoms with Crippen LogP contribution in [-0.4, -0.2) is 22.3 Å². The SMILES string of the molecule is O=C(O)C(c1ccccc1Cl)[N+]1([O-])CCc2sccc2C1. The highest BCUT2D eigenvalue weighted by Crippen LogP contribution is 2.38. The second-order valence-corrected chi connectivity index (χ2v) is 6.62. The molecule has 1 aliphatic rings. The molecule has 1 aromatic heterocycles. The molecule has 0 fully saturated rings. The van der Waals surface area contributed by atoms with Crippen molar-refractivity contribution in [2.75, 3.05) is 6.54 Å². The molecule has 0 saturated heterocycles. The van der Waals surface area contributed by atoms with Crippen molar-refractivity contribution in [2.24, 2.45) is 0 Å². The first kappa shape index (κ1) is 14.5. The van der Waals surface area contributed by atoms with Gasteiger partial charge in [0.05, 0.1) is 11.6 Å². The van der Waals surface area contributed by atoms with Crippen molar-refractivity contribution in [3.05, 3.63) is 61.9 Å². The van der Waals surface area contributed by atoms with Gasteiger partial charge in [0, 0.05) is 22.4 Å². The fourth-order valence-corrected chi connectivity index (χ4v) is 4.02. The fourth-order valence-electron chi connectivity index (χ4n) is 2.89. The van der Waals surface area contributed by atoms with E-state index in [4.69, 9.17) is 11.6 Å². The van der Waals surface area contributed by atoms with Gasteiger partial charge in [-0.25, -0.2) is 4.79 Å². The zero-order valence-corrected chi connectivity index (χ0v) is 12.7. The second kappa shape index (κ2) is 5.42. The van der Waals surface area contributed by atoms with Crippen LogP contribution in [0.1, 0.15) is 22.0 Å². The Morgan fingerprint density at radius 3 is 2.86 bits per heavy atom. The van der Waals surface area contributed by atoms with Gasteiger partial charge in [0.1, 0.15) is 6.54 Å². The van der Waals surface area contributed by atoms with Crippen molar-refractivity contribution < 1.29 is 14.5 Å². The monoisotopic (exact) mass is 323 g/mol. The number of hydroxylamine groups is 3. The number of nitrogens with zero attached hydrogens (tertiary/aromatic N) is 1. The Labute approximate surface area is 131 Å². The molecule has 6 heteroatoms. The summed E-state index contributed by atoms with van der Waals surface area (Å²) in [6, 6.07) is 7.42. The molecule has 110 valence electrons. The third kappa shape index (κ3) is 2.58. The van der Waals surface area contributed by atoms with E-state index in [0.29, 0.717) is 17.0 Å². The molecule has 21 heavy (non-hydrogen) atoms. The first-order valence-corrected chi connectivity index (χ1v) is 7.87. The lowest BCUT2D eigenvalue weighted by molar-refractivity contribution is -0.917. The summed E-state index contributed by atoms with van der Waals surface area (Å²) in [6.45, 7) is 0.441. The van der Waals surface area contributed by atoms with Crippen LogP contribution < -0.4 is 0 Å². The number of thiophene rings is 1. The van der Waals surface area contributed by atoms with Crippen LogP contribution in [0.15, 0.2) is 35.7 Å². The molecule has 4 nitrogen and oxygen atoms in total. The molecule has 2 unspecified atom stereocenters. The van der Waals surface area contributed by atoms with Gasteiger partial charge in [-0.1, -0.05) is 29.8 Å². The lowest BCUT2D eigenvalue weighted by atomic mass is 10.0. The van der Waals surface area contributed by atoms with E-state index in [1.54, 1.807) is 35.6 Å². The normalized spacial score (nSPS) is 22.6. The average Bonchev–Trinajstić information content (AvgIpc) is 2.87. The first-order valence-electron chi connectivity index (χ1n) is 6.61. The molecule has 1 N–H and O–H groups in total. The molecule has 0 amide bonds. The molecule has 0 spiro atoms. The zero-order chi connectivity index (χ0) is 15.0. The summed E-state index contributed by atoms with van der Waals surface area (Å²) in [7, 11) is 0. The summed E-state index contributed by atoms with van der Waals surface area (Å²) < 4.78 is -0.789. The molecular formula is C15H14ClNO3S. The largest absolute Gasteiger partial charge is 0.632 e. The van der Waals surface area contributed by atoms with Gasteiger partial charge in [0.15, 0.2) is 0 Å². The number of halogens is 1. The van der Waals surface area contributed by atoms with E-state index in [1.165, 1.54) is 4.88 Å². The maximum atomic E-state index is 13.2. The zero-order valence-electron chi connectivity index (χ0n) is 11.2. The number of benzene rings is 1. The predicted octanol–water partition coefficient (Wildman–Crippen LogP) is 3.60. The minimum absolute atomic E-state index is 0.182. The second-order valence-electron chi connectivity index (χ2n) is 5.22. The van der Waals surface area contributed by atoms with E-state index in [-0.39, 0.29) is 13.1 Å². The molecular weight excluding hydrogens is 310 g/mol. The summed E-state index contributed by atoms with van der Waals surface area (Å²) in [5.41, 5.74) is 1.35. The highest BCUT2D eigenvalue weighted by Gasteiger charge is 2.40. The van der Waals surface area contributed by atoms with E-state index in [2.05, 4.69) is 0 Å². The minimum Gasteiger partial charge on any atom is -0.632 e. The van der Waals surface area contributed by atoms with Crippen LogP contribution in [0.25, 0.3) is 0 Å². The molecule has 2 aromatic rings. The Hall–Kier alpha value is -1.40. The number of aliphatic carboxylic acids is 1. The van der Waals surface area contributed by atoms with Crippen LogP contribution in [0.5, 0.6) is 0 Å². The summed E-state index contributed by atoms with van der Waals surface area (Å²) in [5, 5.41) is 25.1. The number of fused-ring (bicyclic) bond motifs is 1. The van der Waals surface area contributed by atoms with E-state index in [9.17, 15) is 15.1 Å². The molecule has 2 heterocycles. The number of carbonyl (C=O) groups is 1. The van der Waals surface area contributed by atoms with Gasteiger partial charge < -0.3 is 15.0 Å². The maximum absolute atomic E-state index is 13.2. The third-order valence-corrected chi connectivity index (χ3v) is 5.26. The average molecular weight is 324 g/mol. The maximum Gasteiger partial charge on any atom is 0.367 e. The summed E-state index contributed by atoms with van der Waals surface area (Å²) >= 11 is 7.74. The predicted molar refractivity (Wildman–Crippen MR) is 82.1 cm³/mol. The van der Waals surface area contributed by atoms with Crippen LogP contribution in [0.3, 0.4) is 0 Å². The van der Waals surface area contributed by atoms with Gasteiger partial charge in [0.2, 0.25) is 6.04 Å². The topological polar surface area (TPSA) is 60.4 Å². The van der Waals surface area contributed by atoms with E-state index >= 15 is 0 Å². The number of hydrogen-bond donors (Lipinski definition) is 1. The molecule has 1 aromatic carbocycles. The van der Waals surface area contributed by atoms with Gasteiger partial charge in [-0.3, -0.25) is 0 Å². The molecule has 0 aliphatic carbocycles. The van der Waals surface area contributed by atoms with Crippen molar-refractivity contribution in [3.63, 3.8) is 0 Å². The lowest BCUT2D eigenvalue weighted by Crippen LogP contribution is -2.51. The van der Waals surface area contributed by atoms with Crippen LogP contribution in [0, 0.1) is 5.21 Å². The van der Waals surface area contributed by atoms with Crippen LogP contribution in [-0.2, 0) is 17.8 Å². The third-order valence-electron chi connectivity index (χ3n) is 3.90. The first-order chi connectivity index (χ1) is 10.0. The number of carboxylic acids is 1. The van der Waals surface area contributed by atoms with Gasteiger partial charge >= 0.3 is 5.97 Å². The summed E-state index contributed by atoms with van der Waals surface area (Å²) in [4.78, 5) is 12.9. The Kier molecular flexibility index (Phi) is 3.75. The van der Waals surface area contributed by atoms with Crippen molar-refractivity contribution in [3.8, 4) is 0 Å². The van der Waals surface area contributed by atoms with E-state index < -0.39 is 16.7 Å². The molecule has 0 bridgehead atoms. The fraction of sp³-hybridized carbons (Fsp3) is 0.267. The van der Waals surface area contributed by atoms with E-state index in [1.807, 2.05) is 11.4 Å². The molecule has 0 saturated carbocycles. The van der Waals surface area contributed by atoms with Crippen molar-refractivity contribution in [1.82, 2.24) is 0 Å². The van der Waals surface area contributed by atoms with Gasteiger partial charge in [-0.05, 0) is 17.5 Å². The van der Waals surface area contributed by atoms with Gasteiger partial charge in [0.25, 0.3) is 0 Å². The number of rotatable bonds is 3. The lowest BCUT2D eigenvalue weighted by Gasteiger charge is -2.49. The van der Waals surface area contributed by atoms with Crippen molar-refractivity contribution >= 4 is 28.9 Å². The van der Waals surface area contributed by atoms with Gasteiger partial charge in [-0.2, -0.15) is 0 Å². The highest BCUT2D eigenvalue weighted by molar-refractivity contribution is 7.10. The number of hydrogen-bond acceptors (Lipinski definition) is 3. The summed E-state index contributed by atoms with van der Waals surface area (Å²) in [5.74, 6) is -1.13. The van der Waals surface area contributed by atoms with Crippen LogP contribution in [0.4, 0.5) is 0 Å². The highest BCUT2D eigenvalue weighted by atomic mass is 35.5. The molecule has 3 rings (SSSR count). The van der Waals surface area contributed by atoms with Crippen LogP contribution >= 0.6 is 22.9 Å². The Morgan fingerprint density at radius 2 is 2.14 bits per heavy atom. The smallest absolute Gasteiger partial charge is 0.367 e. The van der Waals surface area contributed by atoms with Crippen molar-refractivity contribution in [1.29, 1.82) is 0 Å². The summed E-state index contributed by atoms with van der Waals surface area (Å²) in [6.07, 6.45) is 0.616. The van der Waals surface area contributed by atoms with Crippen LogP contribution in [0.2, 0.25) is 5.02 Å². The Balaban J connectivity index is 2.03. The van der Waals surface area contributed by atoms with Crippen molar-refractivity contribution in [2.45, 2.75) is 19.0 Å². The Morgan fingerprint density at radius 1 is 1.38 bits per heavy atom. The van der Waals surface area contributed by atoms with Gasteiger partial charge in [-0.15, -0.1) is 11.3 Å². The molecule has 0 radical (unpaired) electrons. The standard InChI is InChI=1S/C15H14ClNO3S/c16-12-4-2-1-3-11(12)14(15(18)19)17(20)7-5-13-10(9-17)6-8-21-13/h1-4,6,8,14H,5,7,9H2,(H,18,19). The molecule has 1 aliphatic heterocycles. The van der Waals surface area contributed by atoms with E-state index in [0.717, 1.165) is 5.56 Å². The number of carboxylic acid groups (broad SMARTS) is 1. The quantitative estimate of drug-likeness (QED) is 0.693. The minimum atomic E-state index is -1.19. The Bertz CT molecular complexity index is 687. The number of quaternary nitrogens is 1.